The van der Waals surface area contributed by atoms with Crippen LogP contribution in [0.15, 0.2) is 47.4 Å². The van der Waals surface area contributed by atoms with Gasteiger partial charge in [-0.05, 0) is 43.7 Å². The Morgan fingerprint density at radius 2 is 1.63 bits per heavy atom. The maximum atomic E-state index is 12.3. The van der Waals surface area contributed by atoms with Gasteiger partial charge in [-0.25, -0.2) is 4.21 Å². The second-order valence-corrected chi connectivity index (χ2v) is 5.57. The van der Waals surface area contributed by atoms with Gasteiger partial charge in [-0.15, -0.1) is 0 Å². The number of ether oxygens (including phenoxy) is 1. The van der Waals surface area contributed by atoms with E-state index in [1.54, 1.807) is 7.11 Å². The number of rotatable bonds is 4. The summed E-state index contributed by atoms with van der Waals surface area (Å²) in [6, 6.07) is 13.4. The molecule has 2 rings (SSSR count). The molecule has 1 unspecified atom stereocenters. The van der Waals surface area contributed by atoms with Crippen molar-refractivity contribution in [1.29, 1.82) is 0 Å². The maximum absolute atomic E-state index is 12.3. The fourth-order valence-corrected chi connectivity index (χ4v) is 2.69. The lowest BCUT2D eigenvalue weighted by atomic mass is 10.2. The SMILES string of the molecule is COc1cc(C)ccc1S(=O)Nc1ccc(C)cc1. The van der Waals surface area contributed by atoms with Crippen molar-refractivity contribution >= 4 is 16.7 Å². The lowest BCUT2D eigenvalue weighted by Gasteiger charge is -2.10. The van der Waals surface area contributed by atoms with E-state index in [-0.39, 0.29) is 0 Å². The molecule has 1 N–H and O–H groups in total. The maximum Gasteiger partial charge on any atom is 0.154 e. The van der Waals surface area contributed by atoms with Gasteiger partial charge in [-0.2, -0.15) is 0 Å². The van der Waals surface area contributed by atoms with Crippen LogP contribution in [-0.4, -0.2) is 11.3 Å². The van der Waals surface area contributed by atoms with E-state index in [0.29, 0.717) is 10.6 Å². The molecule has 100 valence electrons. The van der Waals surface area contributed by atoms with E-state index in [9.17, 15) is 4.21 Å². The van der Waals surface area contributed by atoms with Crippen LogP contribution < -0.4 is 9.46 Å². The molecular formula is C15H17NO2S. The first-order valence-electron chi connectivity index (χ1n) is 6.00. The number of aryl methyl sites for hydroxylation is 2. The molecule has 0 saturated carbocycles. The van der Waals surface area contributed by atoms with Gasteiger partial charge in [0.05, 0.1) is 7.11 Å². The van der Waals surface area contributed by atoms with Gasteiger partial charge in [0.1, 0.15) is 10.6 Å². The van der Waals surface area contributed by atoms with Crippen molar-refractivity contribution in [1.82, 2.24) is 0 Å². The van der Waals surface area contributed by atoms with Gasteiger partial charge in [0, 0.05) is 5.69 Å². The predicted molar refractivity (Wildman–Crippen MR) is 78.9 cm³/mol. The summed E-state index contributed by atoms with van der Waals surface area (Å²) >= 11 is 0. The molecule has 19 heavy (non-hydrogen) atoms. The molecule has 0 fully saturated rings. The highest BCUT2D eigenvalue weighted by atomic mass is 32.2. The third-order valence-corrected chi connectivity index (χ3v) is 3.94. The van der Waals surface area contributed by atoms with Crippen LogP contribution in [0.25, 0.3) is 0 Å². The summed E-state index contributed by atoms with van der Waals surface area (Å²) in [6.07, 6.45) is 0. The number of hydrogen-bond donors (Lipinski definition) is 1. The Kier molecular flexibility index (Phi) is 4.22. The van der Waals surface area contributed by atoms with Crippen LogP contribution in [0.4, 0.5) is 5.69 Å². The van der Waals surface area contributed by atoms with Crippen molar-refractivity contribution in [2.24, 2.45) is 0 Å². The predicted octanol–water partition coefficient (Wildman–Crippen LogP) is 3.45. The molecule has 2 aromatic rings. The highest BCUT2D eigenvalue weighted by molar-refractivity contribution is 7.86. The van der Waals surface area contributed by atoms with Crippen LogP contribution in [0.5, 0.6) is 5.75 Å². The van der Waals surface area contributed by atoms with Crippen molar-refractivity contribution < 1.29 is 8.95 Å². The van der Waals surface area contributed by atoms with E-state index in [4.69, 9.17) is 4.74 Å². The topological polar surface area (TPSA) is 38.3 Å². The number of hydrogen-bond acceptors (Lipinski definition) is 2. The second kappa shape index (κ2) is 5.89. The van der Waals surface area contributed by atoms with Crippen LogP contribution in [0.3, 0.4) is 0 Å². The zero-order valence-electron chi connectivity index (χ0n) is 11.3. The molecule has 1 atom stereocenters. The molecule has 0 aliphatic rings. The summed E-state index contributed by atoms with van der Waals surface area (Å²) < 4.78 is 20.6. The summed E-state index contributed by atoms with van der Waals surface area (Å²) in [6.45, 7) is 3.99. The number of benzene rings is 2. The Labute approximate surface area is 116 Å². The lowest BCUT2D eigenvalue weighted by molar-refractivity contribution is 0.404. The van der Waals surface area contributed by atoms with Gasteiger partial charge < -0.3 is 9.46 Å². The minimum absolute atomic E-state index is 0.637. The van der Waals surface area contributed by atoms with Crippen molar-refractivity contribution in [3.63, 3.8) is 0 Å². The van der Waals surface area contributed by atoms with E-state index >= 15 is 0 Å². The molecule has 0 spiro atoms. The number of nitrogens with one attached hydrogen (secondary N) is 1. The first kappa shape index (κ1) is 13.6. The number of methoxy groups -OCH3 is 1. The highest BCUT2D eigenvalue weighted by Gasteiger charge is 2.10. The minimum atomic E-state index is -1.34. The molecule has 0 bridgehead atoms. The van der Waals surface area contributed by atoms with E-state index in [1.807, 2.05) is 56.3 Å². The quantitative estimate of drug-likeness (QED) is 0.928. The van der Waals surface area contributed by atoms with Gasteiger partial charge in [0.25, 0.3) is 0 Å². The van der Waals surface area contributed by atoms with Crippen LogP contribution in [0.2, 0.25) is 0 Å². The van der Waals surface area contributed by atoms with Crippen molar-refractivity contribution in [3.05, 3.63) is 53.6 Å². The van der Waals surface area contributed by atoms with Crippen molar-refractivity contribution in [2.75, 3.05) is 11.8 Å². The summed E-state index contributed by atoms with van der Waals surface area (Å²) in [5.41, 5.74) is 3.07. The molecule has 0 heterocycles. The molecule has 0 saturated heterocycles. The average molecular weight is 275 g/mol. The molecule has 0 aromatic heterocycles. The molecule has 2 aromatic carbocycles. The second-order valence-electron chi connectivity index (χ2n) is 4.39. The Hall–Kier alpha value is -1.81. The molecule has 3 nitrogen and oxygen atoms in total. The molecule has 0 aliphatic carbocycles. The molecule has 0 amide bonds. The molecule has 0 aliphatic heterocycles. The third-order valence-electron chi connectivity index (χ3n) is 2.78. The fraction of sp³-hybridized carbons (Fsp3) is 0.200. The van der Waals surface area contributed by atoms with Gasteiger partial charge >= 0.3 is 0 Å². The van der Waals surface area contributed by atoms with Gasteiger partial charge in [-0.1, -0.05) is 23.8 Å². The number of anilines is 1. The minimum Gasteiger partial charge on any atom is -0.495 e. The molecule has 0 radical (unpaired) electrons. The Morgan fingerprint density at radius 1 is 1.00 bits per heavy atom. The fourth-order valence-electron chi connectivity index (χ4n) is 1.71. The van der Waals surface area contributed by atoms with Crippen LogP contribution in [0, 0.1) is 13.8 Å². The van der Waals surface area contributed by atoms with Gasteiger partial charge in [0.15, 0.2) is 11.0 Å². The standard InChI is InChI=1S/C15H17NO2S/c1-11-4-7-13(8-5-11)16-19(17)15-9-6-12(2)10-14(15)18-3/h4-10,16H,1-3H3. The zero-order chi connectivity index (χ0) is 13.8. The Bertz CT molecular complexity index is 594. The third kappa shape index (κ3) is 3.35. The smallest absolute Gasteiger partial charge is 0.154 e. The van der Waals surface area contributed by atoms with E-state index < -0.39 is 11.0 Å². The normalized spacial score (nSPS) is 11.9. The Morgan fingerprint density at radius 3 is 2.26 bits per heavy atom. The van der Waals surface area contributed by atoms with E-state index in [2.05, 4.69) is 4.72 Å². The highest BCUT2D eigenvalue weighted by Crippen LogP contribution is 2.24. The van der Waals surface area contributed by atoms with Crippen LogP contribution in [0.1, 0.15) is 11.1 Å². The monoisotopic (exact) mass is 275 g/mol. The van der Waals surface area contributed by atoms with Gasteiger partial charge in [-0.3, -0.25) is 0 Å². The first-order valence-corrected chi connectivity index (χ1v) is 7.15. The summed E-state index contributed by atoms with van der Waals surface area (Å²) in [5, 5.41) is 0. The molecule has 4 heteroatoms. The zero-order valence-corrected chi connectivity index (χ0v) is 12.1. The summed E-state index contributed by atoms with van der Waals surface area (Å²) in [5.74, 6) is 0.637. The van der Waals surface area contributed by atoms with Gasteiger partial charge in [0.2, 0.25) is 0 Å². The van der Waals surface area contributed by atoms with Crippen molar-refractivity contribution in [3.8, 4) is 5.75 Å². The summed E-state index contributed by atoms with van der Waals surface area (Å²) in [7, 11) is 0.249. The molecular weight excluding hydrogens is 258 g/mol. The lowest BCUT2D eigenvalue weighted by Crippen LogP contribution is -2.06. The van der Waals surface area contributed by atoms with E-state index in [0.717, 1.165) is 11.3 Å². The van der Waals surface area contributed by atoms with E-state index in [1.165, 1.54) is 5.56 Å². The average Bonchev–Trinajstić information content (AvgIpc) is 2.41. The largest absolute Gasteiger partial charge is 0.495 e. The van der Waals surface area contributed by atoms with Crippen LogP contribution in [-0.2, 0) is 11.0 Å². The van der Waals surface area contributed by atoms with Crippen LogP contribution >= 0.6 is 0 Å². The Balaban J connectivity index is 2.22. The first-order chi connectivity index (χ1) is 9.10. The summed E-state index contributed by atoms with van der Waals surface area (Å²) in [4.78, 5) is 0.647. The van der Waals surface area contributed by atoms with Crippen molar-refractivity contribution in [2.45, 2.75) is 18.7 Å².